The summed E-state index contributed by atoms with van der Waals surface area (Å²) in [4.78, 5) is 23.4. The van der Waals surface area contributed by atoms with Crippen LogP contribution in [-0.2, 0) is 0 Å². The molecule has 1 saturated heterocycles. The molecule has 4 N–H and O–H groups in total. The molecule has 0 saturated carbocycles. The van der Waals surface area contributed by atoms with Gasteiger partial charge in [-0.1, -0.05) is 0 Å². The summed E-state index contributed by atoms with van der Waals surface area (Å²) >= 11 is 0. The van der Waals surface area contributed by atoms with Crippen molar-refractivity contribution >= 4 is 27.8 Å². The van der Waals surface area contributed by atoms with Gasteiger partial charge in [0.2, 0.25) is 0 Å². The number of hydrogen-bond donors (Lipinski definition) is 3. The van der Waals surface area contributed by atoms with E-state index < -0.39 is 0 Å². The second kappa shape index (κ2) is 6.08. The number of H-pyrrole nitrogens is 2. The van der Waals surface area contributed by atoms with E-state index >= 15 is 0 Å². The van der Waals surface area contributed by atoms with Gasteiger partial charge < -0.3 is 15.6 Å². The number of nitrogens with zero attached hydrogens (tertiary/aromatic N) is 6. The van der Waals surface area contributed by atoms with Crippen LogP contribution in [0.25, 0.3) is 44.7 Å². The monoisotopic (exact) mass is 383 g/mol. The van der Waals surface area contributed by atoms with E-state index in [4.69, 9.17) is 10.7 Å². The minimum Gasteiger partial charge on any atom is -0.352 e. The number of rotatable bonds is 3. The molecule has 1 aliphatic heterocycles. The van der Waals surface area contributed by atoms with Crippen molar-refractivity contribution in [2.45, 2.75) is 6.04 Å². The van der Waals surface area contributed by atoms with Gasteiger partial charge in [0.05, 0.1) is 35.5 Å². The minimum absolute atomic E-state index is 0.203. The van der Waals surface area contributed by atoms with Crippen LogP contribution in [0, 0.1) is 0 Å². The maximum absolute atomic E-state index is 5.89. The van der Waals surface area contributed by atoms with Crippen LogP contribution in [0.2, 0.25) is 0 Å². The number of aromatic amines is 2. The highest BCUT2D eigenvalue weighted by Gasteiger charge is 2.24. The molecule has 0 unspecified atom stereocenters. The number of anilines is 1. The first kappa shape index (κ1) is 16.1. The zero-order valence-electron chi connectivity index (χ0n) is 15.4. The Morgan fingerprint density at radius 1 is 1.07 bits per heavy atom. The van der Waals surface area contributed by atoms with Crippen molar-refractivity contribution in [3.05, 3.63) is 49.1 Å². The van der Waals surface area contributed by atoms with E-state index in [1.165, 1.54) is 0 Å². The molecule has 6 rings (SSSR count). The summed E-state index contributed by atoms with van der Waals surface area (Å²) in [6.07, 6.45) is 7.03. The summed E-state index contributed by atoms with van der Waals surface area (Å²) in [7, 11) is 0. The third kappa shape index (κ3) is 2.63. The summed E-state index contributed by atoms with van der Waals surface area (Å²) in [6.45, 7) is 1.59. The van der Waals surface area contributed by atoms with E-state index in [0.29, 0.717) is 0 Å². The largest absolute Gasteiger partial charge is 0.352 e. The van der Waals surface area contributed by atoms with Crippen LogP contribution in [0.3, 0.4) is 0 Å². The first-order valence-corrected chi connectivity index (χ1v) is 9.36. The molecule has 0 bridgehead atoms. The topological polar surface area (TPSA) is 125 Å². The molecule has 5 aromatic rings. The van der Waals surface area contributed by atoms with Crippen LogP contribution >= 0.6 is 0 Å². The van der Waals surface area contributed by atoms with Crippen LogP contribution in [0.1, 0.15) is 0 Å². The van der Waals surface area contributed by atoms with Gasteiger partial charge in [-0.2, -0.15) is 5.10 Å². The maximum Gasteiger partial charge on any atom is 0.147 e. The molecule has 29 heavy (non-hydrogen) atoms. The summed E-state index contributed by atoms with van der Waals surface area (Å²) in [5.41, 5.74) is 10.8. The number of hydrogen-bond acceptors (Lipinski definition) is 7. The van der Waals surface area contributed by atoms with Crippen LogP contribution in [0.4, 0.5) is 5.82 Å². The van der Waals surface area contributed by atoms with Crippen molar-refractivity contribution < 1.29 is 0 Å². The molecule has 9 nitrogen and oxygen atoms in total. The lowest BCUT2D eigenvalue weighted by Gasteiger charge is -2.37. The first-order valence-electron chi connectivity index (χ1n) is 9.36. The maximum atomic E-state index is 5.89. The van der Waals surface area contributed by atoms with Crippen LogP contribution in [0.5, 0.6) is 0 Å². The lowest BCUT2D eigenvalue weighted by atomic mass is 10.1. The highest BCUT2D eigenvalue weighted by Crippen LogP contribution is 2.30. The van der Waals surface area contributed by atoms with Crippen molar-refractivity contribution in [2.75, 3.05) is 18.0 Å². The quantitative estimate of drug-likeness (QED) is 0.436. The summed E-state index contributed by atoms with van der Waals surface area (Å²) in [5, 5.41) is 9.54. The van der Waals surface area contributed by atoms with Crippen molar-refractivity contribution in [1.82, 2.24) is 35.1 Å². The Hall–Kier alpha value is -3.85. The van der Waals surface area contributed by atoms with Crippen molar-refractivity contribution in [3.8, 4) is 22.8 Å². The van der Waals surface area contributed by atoms with Gasteiger partial charge in [0.25, 0.3) is 0 Å². The second-order valence-electron chi connectivity index (χ2n) is 7.24. The number of fused-ring (bicyclic) bond motifs is 2. The highest BCUT2D eigenvalue weighted by atomic mass is 15.3. The number of nitrogens with one attached hydrogen (secondary N) is 2. The van der Waals surface area contributed by atoms with E-state index in [2.05, 4.69) is 35.0 Å². The molecule has 142 valence electrons. The first-order chi connectivity index (χ1) is 14.2. The summed E-state index contributed by atoms with van der Waals surface area (Å²) in [6, 6.07) is 8.18. The van der Waals surface area contributed by atoms with Gasteiger partial charge in [0.1, 0.15) is 22.9 Å². The van der Waals surface area contributed by atoms with E-state index in [-0.39, 0.29) is 6.04 Å². The normalized spacial score (nSPS) is 14.6. The molecule has 1 aliphatic rings. The third-order valence-electron chi connectivity index (χ3n) is 5.21. The van der Waals surface area contributed by atoms with Crippen molar-refractivity contribution in [3.63, 3.8) is 0 Å². The van der Waals surface area contributed by atoms with E-state index in [1.807, 2.05) is 24.3 Å². The minimum atomic E-state index is 0.203. The van der Waals surface area contributed by atoms with Gasteiger partial charge in [-0.3, -0.25) is 15.1 Å². The molecule has 0 amide bonds. The third-order valence-corrected chi connectivity index (χ3v) is 5.21. The highest BCUT2D eigenvalue weighted by molar-refractivity contribution is 5.96. The fourth-order valence-corrected chi connectivity index (χ4v) is 3.68. The molecular formula is C20H17N9. The molecular weight excluding hydrogens is 366 g/mol. The summed E-state index contributed by atoms with van der Waals surface area (Å²) in [5.74, 6) is 0.820. The Balaban J connectivity index is 1.43. The predicted octanol–water partition coefficient (Wildman–Crippen LogP) is 2.11. The van der Waals surface area contributed by atoms with Gasteiger partial charge >= 0.3 is 0 Å². The van der Waals surface area contributed by atoms with Gasteiger partial charge in [-0.15, -0.1) is 0 Å². The van der Waals surface area contributed by atoms with Gasteiger partial charge in [-0.25, -0.2) is 9.97 Å². The van der Waals surface area contributed by atoms with E-state index in [1.54, 1.807) is 24.8 Å². The second-order valence-corrected chi connectivity index (χ2v) is 7.24. The Labute approximate surface area is 165 Å². The molecule has 0 aromatic carbocycles. The Kier molecular flexibility index (Phi) is 3.38. The average Bonchev–Trinajstić information content (AvgIpc) is 3.34. The lowest BCUT2D eigenvalue weighted by molar-refractivity contribution is 0.514. The lowest BCUT2D eigenvalue weighted by Crippen LogP contribution is -2.56. The molecule has 0 radical (unpaired) electrons. The van der Waals surface area contributed by atoms with Gasteiger partial charge in [-0.05, 0) is 24.3 Å². The average molecular weight is 383 g/mol. The Morgan fingerprint density at radius 2 is 2.00 bits per heavy atom. The smallest absolute Gasteiger partial charge is 0.147 e. The number of aromatic nitrogens is 7. The predicted molar refractivity (Wildman–Crippen MR) is 110 cm³/mol. The van der Waals surface area contributed by atoms with Gasteiger partial charge in [0.15, 0.2) is 0 Å². The van der Waals surface area contributed by atoms with Crippen molar-refractivity contribution in [2.24, 2.45) is 5.73 Å². The van der Waals surface area contributed by atoms with E-state index in [9.17, 15) is 0 Å². The zero-order valence-corrected chi connectivity index (χ0v) is 15.4. The van der Waals surface area contributed by atoms with E-state index in [0.717, 1.165) is 63.6 Å². The zero-order chi connectivity index (χ0) is 19.4. The molecule has 9 heteroatoms. The SMILES string of the molecule is NC1CN(c2cncc(-c3cc4c(-c5cc6cccnc6[nH]5)n[nH]c4cn3)n2)C1. The fraction of sp³-hybridized carbons (Fsp3) is 0.150. The molecule has 1 fully saturated rings. The van der Waals surface area contributed by atoms with Crippen LogP contribution < -0.4 is 10.6 Å². The molecule has 0 atom stereocenters. The Bertz CT molecular complexity index is 1310. The number of nitrogens with two attached hydrogens (primary N) is 1. The molecule has 0 spiro atoms. The molecule has 6 heterocycles. The van der Waals surface area contributed by atoms with Crippen molar-refractivity contribution in [1.29, 1.82) is 0 Å². The van der Waals surface area contributed by atoms with Gasteiger partial charge in [0, 0.05) is 36.1 Å². The van der Waals surface area contributed by atoms with Crippen LogP contribution in [0.15, 0.2) is 49.1 Å². The standard InChI is InChI=1S/C20H17N9/c21-12-9-29(10-12)18-8-22-6-17(25-18)14-5-13-16(7-24-14)27-28-19(13)15-4-11-2-1-3-23-20(11)26-15/h1-8,12H,9-10,21H2,(H,23,26)(H,27,28). The number of pyridine rings is 2. The molecule has 0 aliphatic carbocycles. The van der Waals surface area contributed by atoms with Crippen LogP contribution in [-0.4, -0.2) is 54.2 Å². The molecule has 5 aromatic heterocycles. The summed E-state index contributed by atoms with van der Waals surface area (Å²) < 4.78 is 0. The fourth-order valence-electron chi connectivity index (χ4n) is 3.68. The Morgan fingerprint density at radius 3 is 2.86 bits per heavy atom.